The van der Waals surface area contributed by atoms with Gasteiger partial charge in [-0.2, -0.15) is 0 Å². The first-order chi connectivity index (χ1) is 29.7. The van der Waals surface area contributed by atoms with Crippen molar-refractivity contribution in [1.29, 1.82) is 0 Å². The zero-order valence-corrected chi connectivity index (χ0v) is 32.6. The molecule has 4 heteroatoms. The maximum atomic E-state index is 5.40. The van der Waals surface area contributed by atoms with Crippen LogP contribution in [-0.4, -0.2) is 19.1 Å². The molecule has 0 amide bonds. The fourth-order valence-electron chi connectivity index (χ4n) is 9.07. The van der Waals surface area contributed by atoms with E-state index in [9.17, 15) is 0 Å². The Morgan fingerprint density at radius 1 is 0.267 bits per heavy atom. The van der Waals surface area contributed by atoms with Crippen LogP contribution in [0.15, 0.2) is 218 Å². The second-order valence-electron chi connectivity index (χ2n) is 15.4. The highest BCUT2D eigenvalue weighted by atomic mass is 15.2. The summed E-state index contributed by atoms with van der Waals surface area (Å²) in [5.74, 6) is 0.649. The number of nitrogens with zero attached hydrogens (tertiary/aromatic N) is 4. The lowest BCUT2D eigenvalue weighted by atomic mass is 10.0. The Kier molecular flexibility index (Phi) is 7.82. The summed E-state index contributed by atoms with van der Waals surface area (Å²) >= 11 is 0. The highest BCUT2D eigenvalue weighted by Crippen LogP contribution is 2.39. The highest BCUT2D eigenvalue weighted by Gasteiger charge is 2.19. The third-order valence-corrected chi connectivity index (χ3v) is 12.0. The second kappa shape index (κ2) is 13.8. The maximum Gasteiger partial charge on any atom is 0.235 e. The SMILES string of the molecule is c1ccc(-c2ccc(-c3nc(-n4c5ccccc5c5ccc(-c6ccc7c(c6)c6ccccc6n7-c6ccc(-c7ccccc7)cc6)cc54)nc4ccccc34)cc2)cc1. The van der Waals surface area contributed by atoms with Crippen LogP contribution in [-0.2, 0) is 0 Å². The molecule has 9 aromatic carbocycles. The topological polar surface area (TPSA) is 35.6 Å². The van der Waals surface area contributed by atoms with Gasteiger partial charge in [0, 0.05) is 38.2 Å². The Morgan fingerprint density at radius 3 is 1.43 bits per heavy atom. The monoisotopic (exact) mass is 764 g/mol. The molecule has 0 unspecified atom stereocenters. The summed E-state index contributed by atoms with van der Waals surface area (Å²) in [6.45, 7) is 0. The summed E-state index contributed by atoms with van der Waals surface area (Å²) in [7, 11) is 0. The van der Waals surface area contributed by atoms with E-state index < -0.39 is 0 Å². The minimum absolute atomic E-state index is 0.649. The van der Waals surface area contributed by atoms with E-state index in [1.54, 1.807) is 0 Å². The summed E-state index contributed by atoms with van der Waals surface area (Å²) in [6, 6.07) is 78.0. The minimum Gasteiger partial charge on any atom is -0.309 e. The van der Waals surface area contributed by atoms with Crippen molar-refractivity contribution in [2.24, 2.45) is 0 Å². The predicted octanol–water partition coefficient (Wildman–Crippen LogP) is 14.5. The molecule has 0 aliphatic carbocycles. The third-order valence-electron chi connectivity index (χ3n) is 12.0. The van der Waals surface area contributed by atoms with Gasteiger partial charge in [0.25, 0.3) is 0 Å². The van der Waals surface area contributed by atoms with Gasteiger partial charge in [0.1, 0.15) is 0 Å². The van der Waals surface area contributed by atoms with Crippen LogP contribution in [0.5, 0.6) is 0 Å². The molecule has 0 saturated heterocycles. The third kappa shape index (κ3) is 5.53. The Balaban J connectivity index is 1.00. The lowest BCUT2D eigenvalue weighted by molar-refractivity contribution is 1.01. The molecule has 0 saturated carbocycles. The van der Waals surface area contributed by atoms with Crippen LogP contribution in [0, 0.1) is 0 Å². The van der Waals surface area contributed by atoms with Gasteiger partial charge in [-0.3, -0.25) is 4.57 Å². The van der Waals surface area contributed by atoms with Gasteiger partial charge < -0.3 is 4.57 Å². The minimum atomic E-state index is 0.649. The number of benzene rings is 9. The molecule has 0 fully saturated rings. The van der Waals surface area contributed by atoms with E-state index in [2.05, 4.69) is 228 Å². The zero-order valence-electron chi connectivity index (χ0n) is 32.6. The summed E-state index contributed by atoms with van der Waals surface area (Å²) in [5, 5.41) is 5.80. The average Bonchev–Trinajstić information content (AvgIpc) is 3.84. The van der Waals surface area contributed by atoms with Crippen LogP contribution in [0.2, 0.25) is 0 Å². The zero-order chi connectivity index (χ0) is 39.6. The lowest BCUT2D eigenvalue weighted by Crippen LogP contribution is -2.03. The molecule has 0 radical (unpaired) electrons. The molecule has 3 heterocycles. The van der Waals surface area contributed by atoms with Crippen molar-refractivity contribution in [3.63, 3.8) is 0 Å². The van der Waals surface area contributed by atoms with Gasteiger partial charge in [0.15, 0.2) is 0 Å². The molecular weight excluding hydrogens is 729 g/mol. The molecule has 0 aliphatic heterocycles. The van der Waals surface area contributed by atoms with Gasteiger partial charge in [-0.05, 0) is 81.9 Å². The summed E-state index contributed by atoms with van der Waals surface area (Å²) in [6.07, 6.45) is 0. The fraction of sp³-hybridized carbons (Fsp3) is 0. The number of fused-ring (bicyclic) bond motifs is 7. The normalized spacial score (nSPS) is 11.7. The Hall–Kier alpha value is -8.08. The van der Waals surface area contributed by atoms with Gasteiger partial charge >= 0.3 is 0 Å². The van der Waals surface area contributed by atoms with Crippen molar-refractivity contribution in [2.75, 3.05) is 0 Å². The van der Waals surface area contributed by atoms with E-state index in [0.717, 1.165) is 55.4 Å². The number of rotatable bonds is 6. The first-order valence-corrected chi connectivity index (χ1v) is 20.4. The van der Waals surface area contributed by atoms with Crippen molar-refractivity contribution < 1.29 is 0 Å². The van der Waals surface area contributed by atoms with Gasteiger partial charge in [-0.25, -0.2) is 9.97 Å². The Bertz CT molecular complexity index is 3560. The molecule has 0 atom stereocenters. The standard InChI is InChI=1S/C56H36N4/c1-3-13-37(14-4-1)39-23-25-41(26-24-39)55-48-19-7-10-20-50(48)57-56(58-55)60-52-22-12-8-17-45(52)47-33-29-43(36-54(47)60)42-30-34-53-49(35-42)46-18-9-11-21-51(46)59(53)44-31-27-40(28-32-44)38-15-5-2-6-16-38/h1-36H. The first kappa shape index (κ1) is 34.0. The van der Waals surface area contributed by atoms with Crippen molar-refractivity contribution in [2.45, 2.75) is 0 Å². The van der Waals surface area contributed by atoms with Crippen molar-refractivity contribution in [1.82, 2.24) is 19.1 Å². The molecule has 3 aromatic heterocycles. The van der Waals surface area contributed by atoms with E-state index in [-0.39, 0.29) is 0 Å². The van der Waals surface area contributed by atoms with E-state index in [1.807, 2.05) is 0 Å². The Morgan fingerprint density at radius 2 is 0.733 bits per heavy atom. The highest BCUT2D eigenvalue weighted by molar-refractivity contribution is 6.12. The van der Waals surface area contributed by atoms with Crippen LogP contribution >= 0.6 is 0 Å². The van der Waals surface area contributed by atoms with E-state index in [4.69, 9.17) is 9.97 Å². The Labute approximate surface area is 346 Å². The second-order valence-corrected chi connectivity index (χ2v) is 15.4. The molecule has 4 nitrogen and oxygen atoms in total. The van der Waals surface area contributed by atoms with E-state index in [1.165, 1.54) is 49.4 Å². The molecule has 0 spiro atoms. The predicted molar refractivity (Wildman–Crippen MR) is 250 cm³/mol. The molecule has 12 aromatic rings. The molecule has 60 heavy (non-hydrogen) atoms. The fourth-order valence-corrected chi connectivity index (χ4v) is 9.07. The van der Waals surface area contributed by atoms with Crippen LogP contribution in [0.3, 0.4) is 0 Å². The quantitative estimate of drug-likeness (QED) is 0.169. The van der Waals surface area contributed by atoms with Crippen molar-refractivity contribution >= 4 is 54.5 Å². The van der Waals surface area contributed by atoms with Crippen LogP contribution in [0.1, 0.15) is 0 Å². The van der Waals surface area contributed by atoms with Crippen molar-refractivity contribution in [3.05, 3.63) is 218 Å². The van der Waals surface area contributed by atoms with Gasteiger partial charge in [0.2, 0.25) is 5.95 Å². The van der Waals surface area contributed by atoms with E-state index in [0.29, 0.717) is 5.95 Å². The van der Waals surface area contributed by atoms with Gasteiger partial charge in [0.05, 0.1) is 33.3 Å². The molecule has 0 aliphatic rings. The molecular formula is C56H36N4. The molecule has 12 rings (SSSR count). The maximum absolute atomic E-state index is 5.40. The number of hydrogen-bond donors (Lipinski definition) is 0. The van der Waals surface area contributed by atoms with Crippen molar-refractivity contribution in [3.8, 4) is 56.3 Å². The summed E-state index contributed by atoms with van der Waals surface area (Å²) in [4.78, 5) is 10.6. The molecule has 0 bridgehead atoms. The van der Waals surface area contributed by atoms with Crippen LogP contribution in [0.4, 0.5) is 0 Å². The largest absolute Gasteiger partial charge is 0.309 e. The number of hydrogen-bond acceptors (Lipinski definition) is 2. The summed E-state index contributed by atoms with van der Waals surface area (Å²) in [5.41, 5.74) is 15.6. The van der Waals surface area contributed by atoms with Crippen LogP contribution in [0.25, 0.3) is 111 Å². The van der Waals surface area contributed by atoms with Gasteiger partial charge in [-0.15, -0.1) is 0 Å². The summed E-state index contributed by atoms with van der Waals surface area (Å²) < 4.78 is 4.63. The average molecular weight is 765 g/mol. The first-order valence-electron chi connectivity index (χ1n) is 20.4. The lowest BCUT2D eigenvalue weighted by Gasteiger charge is -2.13. The number of para-hydroxylation sites is 3. The van der Waals surface area contributed by atoms with Crippen LogP contribution < -0.4 is 0 Å². The molecule has 0 N–H and O–H groups in total. The molecule has 280 valence electrons. The van der Waals surface area contributed by atoms with Gasteiger partial charge in [-0.1, -0.05) is 170 Å². The van der Waals surface area contributed by atoms with E-state index >= 15 is 0 Å². The number of aromatic nitrogens is 4. The smallest absolute Gasteiger partial charge is 0.235 e.